The summed E-state index contributed by atoms with van der Waals surface area (Å²) in [5.74, 6) is 0.408. The fourth-order valence-electron chi connectivity index (χ4n) is 5.17. The molecule has 6 nitrogen and oxygen atoms in total. The molecule has 4 heterocycles. The number of hydrogen-bond acceptors (Lipinski definition) is 4. The van der Waals surface area contributed by atoms with Crippen molar-refractivity contribution in [1.29, 1.82) is 0 Å². The van der Waals surface area contributed by atoms with Gasteiger partial charge in [0, 0.05) is 50.0 Å². The van der Waals surface area contributed by atoms with E-state index in [0.717, 1.165) is 31.6 Å². The van der Waals surface area contributed by atoms with Crippen molar-refractivity contribution in [2.75, 3.05) is 26.2 Å². The van der Waals surface area contributed by atoms with Gasteiger partial charge in [-0.3, -0.25) is 4.90 Å². The first-order valence-corrected chi connectivity index (χ1v) is 11.8. The first-order valence-electron chi connectivity index (χ1n) is 10.3. The van der Waals surface area contributed by atoms with Crippen molar-refractivity contribution < 1.29 is 8.42 Å². The summed E-state index contributed by atoms with van der Waals surface area (Å²) >= 11 is 0. The number of pyridine rings is 1. The Morgan fingerprint density at radius 1 is 1.07 bits per heavy atom. The standard InChI is InChI=1S/C20H28N4O2S/c25-27(26,17-13-23(14-17)16-4-1-2-5-16)24-10-7-15(8-11-24)19-12-22-20-18(19)6-3-9-21-20/h3,6,9,12,15-17H,1-2,4-5,7-8,10-11,13-14H2,(H,21,22). The second kappa shape index (κ2) is 6.87. The van der Waals surface area contributed by atoms with Gasteiger partial charge < -0.3 is 4.98 Å². The molecule has 0 spiro atoms. The second-order valence-corrected chi connectivity index (χ2v) is 10.6. The Balaban J connectivity index is 1.21. The van der Waals surface area contributed by atoms with Gasteiger partial charge in [-0.2, -0.15) is 0 Å². The van der Waals surface area contributed by atoms with Crippen LogP contribution in [0.15, 0.2) is 24.5 Å². The van der Waals surface area contributed by atoms with Crippen molar-refractivity contribution in [3.63, 3.8) is 0 Å². The number of sulfonamides is 1. The van der Waals surface area contributed by atoms with Crippen molar-refractivity contribution in [2.45, 2.75) is 55.7 Å². The topological polar surface area (TPSA) is 69.3 Å². The zero-order chi connectivity index (χ0) is 18.4. The number of nitrogens with one attached hydrogen (secondary N) is 1. The lowest BCUT2D eigenvalue weighted by Gasteiger charge is -2.45. The molecule has 3 aliphatic rings. The molecule has 0 unspecified atom stereocenters. The van der Waals surface area contributed by atoms with Crippen molar-refractivity contribution in [2.24, 2.45) is 0 Å². The highest BCUT2D eigenvalue weighted by Crippen LogP contribution is 2.35. The van der Waals surface area contributed by atoms with Gasteiger partial charge in [-0.1, -0.05) is 12.8 Å². The van der Waals surface area contributed by atoms with E-state index < -0.39 is 10.0 Å². The zero-order valence-electron chi connectivity index (χ0n) is 15.7. The number of likely N-dealkylation sites (tertiary alicyclic amines) is 1. The van der Waals surface area contributed by atoms with Crippen molar-refractivity contribution in [3.05, 3.63) is 30.1 Å². The number of hydrogen-bond donors (Lipinski definition) is 1. The molecule has 0 amide bonds. The molecule has 3 fully saturated rings. The maximum absolute atomic E-state index is 13.0. The first-order chi connectivity index (χ1) is 13.1. The summed E-state index contributed by atoms with van der Waals surface area (Å²) < 4.78 is 27.8. The van der Waals surface area contributed by atoms with Gasteiger partial charge in [0.15, 0.2) is 0 Å². The average molecular weight is 389 g/mol. The molecule has 0 aromatic carbocycles. The summed E-state index contributed by atoms with van der Waals surface area (Å²) in [5, 5.41) is 0.983. The summed E-state index contributed by atoms with van der Waals surface area (Å²) in [7, 11) is -3.15. The molecule has 1 saturated carbocycles. The minimum atomic E-state index is -3.15. The first kappa shape index (κ1) is 17.6. The number of aromatic amines is 1. The Labute approximate surface area is 161 Å². The van der Waals surface area contributed by atoms with Crippen LogP contribution in [0.2, 0.25) is 0 Å². The van der Waals surface area contributed by atoms with E-state index in [0.29, 0.717) is 25.0 Å². The van der Waals surface area contributed by atoms with Crippen LogP contribution < -0.4 is 0 Å². The van der Waals surface area contributed by atoms with Crippen LogP contribution in [-0.2, 0) is 10.0 Å². The van der Waals surface area contributed by atoms with Gasteiger partial charge in [0.1, 0.15) is 10.9 Å². The third kappa shape index (κ3) is 3.09. The van der Waals surface area contributed by atoms with Gasteiger partial charge in [-0.25, -0.2) is 17.7 Å². The predicted octanol–water partition coefficient (Wildman–Crippen LogP) is 2.70. The monoisotopic (exact) mass is 388 g/mol. The lowest BCUT2D eigenvalue weighted by Crippen LogP contribution is -2.61. The highest BCUT2D eigenvalue weighted by molar-refractivity contribution is 7.89. The fraction of sp³-hybridized carbons (Fsp3) is 0.650. The van der Waals surface area contributed by atoms with Gasteiger partial charge in [0.2, 0.25) is 10.0 Å². The zero-order valence-corrected chi connectivity index (χ0v) is 16.5. The SMILES string of the molecule is O=S(=O)(C1CN(C2CCCC2)C1)N1CCC(c2c[nH]c3ncccc23)CC1. The lowest BCUT2D eigenvalue weighted by molar-refractivity contribution is 0.120. The van der Waals surface area contributed by atoms with Crippen LogP contribution in [0.5, 0.6) is 0 Å². The number of H-pyrrole nitrogens is 1. The molecule has 0 atom stereocenters. The van der Waals surface area contributed by atoms with Crippen LogP contribution in [0.4, 0.5) is 0 Å². The van der Waals surface area contributed by atoms with Gasteiger partial charge in [-0.15, -0.1) is 0 Å². The van der Waals surface area contributed by atoms with E-state index in [9.17, 15) is 8.42 Å². The van der Waals surface area contributed by atoms with Crippen molar-refractivity contribution >= 4 is 21.1 Å². The Kier molecular flexibility index (Phi) is 4.49. The highest BCUT2D eigenvalue weighted by atomic mass is 32.2. The van der Waals surface area contributed by atoms with Crippen LogP contribution >= 0.6 is 0 Å². The second-order valence-electron chi connectivity index (χ2n) is 8.38. The minimum Gasteiger partial charge on any atom is -0.346 e. The molecular weight excluding hydrogens is 360 g/mol. The van der Waals surface area contributed by atoms with Crippen molar-refractivity contribution in [1.82, 2.24) is 19.2 Å². The molecule has 2 aliphatic heterocycles. The van der Waals surface area contributed by atoms with E-state index >= 15 is 0 Å². The summed E-state index contributed by atoms with van der Waals surface area (Å²) in [5.41, 5.74) is 2.20. The van der Waals surface area contributed by atoms with E-state index in [1.165, 1.54) is 36.6 Å². The van der Waals surface area contributed by atoms with E-state index in [-0.39, 0.29) is 5.25 Å². The summed E-state index contributed by atoms with van der Waals surface area (Å²) in [6.07, 6.45) is 10.7. The highest BCUT2D eigenvalue weighted by Gasteiger charge is 2.44. The summed E-state index contributed by atoms with van der Waals surface area (Å²) in [6.45, 7) is 2.75. The average Bonchev–Trinajstić information content (AvgIpc) is 3.30. The Morgan fingerprint density at radius 3 is 2.56 bits per heavy atom. The summed E-state index contributed by atoms with van der Waals surface area (Å²) in [4.78, 5) is 10.0. The molecule has 0 radical (unpaired) electrons. The number of aromatic nitrogens is 2. The molecule has 27 heavy (non-hydrogen) atoms. The van der Waals surface area contributed by atoms with Crippen molar-refractivity contribution in [3.8, 4) is 0 Å². The van der Waals surface area contributed by atoms with Crippen LogP contribution in [0, 0.1) is 0 Å². The van der Waals surface area contributed by atoms with Crippen LogP contribution in [-0.4, -0.2) is 65.1 Å². The Morgan fingerprint density at radius 2 is 1.81 bits per heavy atom. The number of nitrogens with zero attached hydrogens (tertiary/aromatic N) is 3. The van der Waals surface area contributed by atoms with Crippen LogP contribution in [0.3, 0.4) is 0 Å². The number of fused-ring (bicyclic) bond motifs is 1. The third-order valence-corrected chi connectivity index (χ3v) is 9.10. The number of piperidine rings is 1. The van der Waals surface area contributed by atoms with Crippen LogP contribution in [0.1, 0.15) is 50.0 Å². The maximum atomic E-state index is 13.0. The van der Waals surface area contributed by atoms with E-state index in [1.807, 2.05) is 6.07 Å². The summed E-state index contributed by atoms with van der Waals surface area (Å²) in [6, 6.07) is 4.70. The predicted molar refractivity (Wildman–Crippen MR) is 106 cm³/mol. The lowest BCUT2D eigenvalue weighted by atomic mass is 9.90. The Hall–Kier alpha value is -1.44. The van der Waals surface area contributed by atoms with Gasteiger partial charge >= 0.3 is 0 Å². The minimum absolute atomic E-state index is 0.188. The molecule has 1 N–H and O–H groups in total. The van der Waals surface area contributed by atoms with Gasteiger partial charge in [0.25, 0.3) is 0 Å². The molecule has 2 aromatic rings. The fourth-order valence-corrected chi connectivity index (χ4v) is 7.07. The third-order valence-electron chi connectivity index (χ3n) is 6.88. The van der Waals surface area contributed by atoms with Gasteiger partial charge in [0.05, 0.1) is 0 Å². The maximum Gasteiger partial charge on any atom is 0.219 e. The molecule has 1 aliphatic carbocycles. The van der Waals surface area contributed by atoms with E-state index in [4.69, 9.17) is 0 Å². The molecule has 5 rings (SSSR count). The molecule has 2 saturated heterocycles. The normalized spacial score (nSPS) is 24.6. The number of rotatable bonds is 4. The smallest absolute Gasteiger partial charge is 0.219 e. The molecule has 146 valence electrons. The van der Waals surface area contributed by atoms with Gasteiger partial charge in [-0.05, 0) is 49.3 Å². The molecular formula is C20H28N4O2S. The van der Waals surface area contributed by atoms with E-state index in [1.54, 1.807) is 10.5 Å². The largest absolute Gasteiger partial charge is 0.346 e. The molecule has 2 aromatic heterocycles. The molecule has 7 heteroatoms. The Bertz CT molecular complexity index is 905. The van der Waals surface area contributed by atoms with Crippen LogP contribution in [0.25, 0.3) is 11.0 Å². The quantitative estimate of drug-likeness (QED) is 0.874. The van der Waals surface area contributed by atoms with E-state index in [2.05, 4.69) is 27.1 Å². The molecule has 0 bridgehead atoms.